The van der Waals surface area contributed by atoms with E-state index in [1.165, 1.54) is 6.21 Å². The minimum absolute atomic E-state index is 0.198. The number of aryl methyl sites for hydroxylation is 1. The third kappa shape index (κ3) is 3.18. The molecule has 2 aromatic rings. The Labute approximate surface area is 125 Å². The largest absolute Gasteiger partial charge is 0.291 e. The van der Waals surface area contributed by atoms with Gasteiger partial charge in [0.25, 0.3) is 5.56 Å². The monoisotopic (exact) mass is 310 g/mol. The van der Waals surface area contributed by atoms with Gasteiger partial charge in [0.15, 0.2) is 0 Å². The van der Waals surface area contributed by atoms with Gasteiger partial charge in [0.2, 0.25) is 5.95 Å². The van der Waals surface area contributed by atoms with E-state index in [2.05, 4.69) is 20.5 Å². The molecule has 0 aliphatic heterocycles. The fourth-order valence-electron chi connectivity index (χ4n) is 1.48. The van der Waals surface area contributed by atoms with Crippen molar-refractivity contribution in [3.8, 4) is 0 Å². The maximum Gasteiger partial charge on any atom is 0.255 e. The Balaban J connectivity index is 2.18. The van der Waals surface area contributed by atoms with Crippen LogP contribution in [0.25, 0.3) is 0 Å². The number of halogens is 2. The summed E-state index contributed by atoms with van der Waals surface area (Å²) in [5, 5.41) is 4.84. The average molecular weight is 311 g/mol. The molecule has 0 unspecified atom stereocenters. The normalized spacial score (nSPS) is 11.0. The first kappa shape index (κ1) is 14.6. The van der Waals surface area contributed by atoms with Crippen LogP contribution in [0, 0.1) is 13.8 Å². The van der Waals surface area contributed by atoms with E-state index >= 15 is 0 Å². The van der Waals surface area contributed by atoms with Gasteiger partial charge in [-0.15, -0.1) is 0 Å². The van der Waals surface area contributed by atoms with E-state index in [0.717, 1.165) is 0 Å². The van der Waals surface area contributed by atoms with Crippen molar-refractivity contribution in [2.75, 3.05) is 5.43 Å². The first-order chi connectivity index (χ1) is 9.49. The maximum absolute atomic E-state index is 11.6. The number of aromatic nitrogens is 2. The molecule has 0 atom stereocenters. The van der Waals surface area contributed by atoms with Gasteiger partial charge < -0.3 is 0 Å². The molecule has 0 fully saturated rings. The molecule has 0 bridgehead atoms. The van der Waals surface area contributed by atoms with Crippen molar-refractivity contribution in [3.05, 3.63) is 55.4 Å². The lowest BCUT2D eigenvalue weighted by atomic mass is 10.2. The maximum atomic E-state index is 11.6. The van der Waals surface area contributed by atoms with Crippen LogP contribution in [0.3, 0.4) is 0 Å². The second-order valence-electron chi connectivity index (χ2n) is 4.14. The molecule has 5 nitrogen and oxygen atoms in total. The number of hydrogen-bond donors (Lipinski definition) is 2. The number of hydrogen-bond acceptors (Lipinski definition) is 4. The van der Waals surface area contributed by atoms with Gasteiger partial charge in [-0.05, 0) is 19.9 Å². The molecule has 104 valence electrons. The third-order valence-corrected chi connectivity index (χ3v) is 3.58. The van der Waals surface area contributed by atoms with Crippen LogP contribution in [0.2, 0.25) is 10.0 Å². The summed E-state index contributed by atoms with van der Waals surface area (Å²) in [7, 11) is 0. The third-order valence-electron chi connectivity index (χ3n) is 2.75. The fourth-order valence-corrected chi connectivity index (χ4v) is 1.84. The lowest BCUT2D eigenvalue weighted by Gasteiger charge is -2.03. The lowest BCUT2D eigenvalue weighted by Crippen LogP contribution is -2.15. The fraction of sp³-hybridized carbons (Fsp3) is 0.154. The molecule has 20 heavy (non-hydrogen) atoms. The van der Waals surface area contributed by atoms with Crippen LogP contribution < -0.4 is 11.0 Å². The molecule has 0 saturated carbocycles. The molecule has 1 aromatic carbocycles. The predicted octanol–water partition coefficient (Wildman–Crippen LogP) is 3.14. The van der Waals surface area contributed by atoms with Crippen LogP contribution in [-0.2, 0) is 0 Å². The molecule has 0 saturated heterocycles. The van der Waals surface area contributed by atoms with Crippen molar-refractivity contribution in [3.63, 3.8) is 0 Å². The highest BCUT2D eigenvalue weighted by Gasteiger charge is 2.03. The zero-order chi connectivity index (χ0) is 14.7. The Kier molecular flexibility index (Phi) is 4.42. The van der Waals surface area contributed by atoms with Gasteiger partial charge in [0, 0.05) is 16.8 Å². The number of H-pyrrole nitrogens is 1. The Hall–Kier alpha value is -1.85. The Morgan fingerprint density at radius 1 is 1.35 bits per heavy atom. The molecule has 1 heterocycles. The van der Waals surface area contributed by atoms with Gasteiger partial charge in [-0.3, -0.25) is 9.78 Å². The molecule has 7 heteroatoms. The summed E-state index contributed by atoms with van der Waals surface area (Å²) in [6, 6.07) is 5.23. The van der Waals surface area contributed by atoms with E-state index < -0.39 is 0 Å². The molecular formula is C13H12Cl2N4O. The second-order valence-corrected chi connectivity index (χ2v) is 4.92. The topological polar surface area (TPSA) is 70.1 Å². The van der Waals surface area contributed by atoms with E-state index in [1.54, 1.807) is 32.0 Å². The van der Waals surface area contributed by atoms with Crippen LogP contribution in [0.5, 0.6) is 0 Å². The van der Waals surface area contributed by atoms with Gasteiger partial charge in [-0.25, -0.2) is 10.4 Å². The van der Waals surface area contributed by atoms with E-state index in [-0.39, 0.29) is 11.5 Å². The van der Waals surface area contributed by atoms with Crippen LogP contribution in [0.15, 0.2) is 28.1 Å². The zero-order valence-electron chi connectivity index (χ0n) is 10.9. The van der Waals surface area contributed by atoms with E-state index in [4.69, 9.17) is 23.2 Å². The van der Waals surface area contributed by atoms with Crippen molar-refractivity contribution in [2.24, 2.45) is 5.10 Å². The van der Waals surface area contributed by atoms with Crippen molar-refractivity contribution >= 4 is 35.4 Å². The van der Waals surface area contributed by atoms with Gasteiger partial charge >= 0.3 is 0 Å². The van der Waals surface area contributed by atoms with Gasteiger partial charge in [0.05, 0.1) is 16.3 Å². The summed E-state index contributed by atoms with van der Waals surface area (Å²) in [4.78, 5) is 18.3. The van der Waals surface area contributed by atoms with Crippen LogP contribution in [0.4, 0.5) is 5.95 Å². The molecule has 0 aliphatic rings. The molecule has 0 radical (unpaired) electrons. The molecule has 2 rings (SSSR count). The lowest BCUT2D eigenvalue weighted by molar-refractivity contribution is 1.01. The number of anilines is 1. The highest BCUT2D eigenvalue weighted by atomic mass is 35.5. The highest BCUT2D eigenvalue weighted by Crippen LogP contribution is 2.24. The molecule has 0 spiro atoms. The predicted molar refractivity (Wildman–Crippen MR) is 82.0 cm³/mol. The van der Waals surface area contributed by atoms with E-state index in [0.29, 0.717) is 26.9 Å². The van der Waals surface area contributed by atoms with Crippen molar-refractivity contribution in [1.82, 2.24) is 9.97 Å². The van der Waals surface area contributed by atoms with E-state index in [9.17, 15) is 4.79 Å². The van der Waals surface area contributed by atoms with Crippen molar-refractivity contribution in [1.29, 1.82) is 0 Å². The minimum Gasteiger partial charge on any atom is -0.291 e. The molecule has 0 aliphatic carbocycles. The number of aromatic amines is 1. The van der Waals surface area contributed by atoms with Crippen LogP contribution in [-0.4, -0.2) is 16.2 Å². The molecule has 0 amide bonds. The first-order valence-electron chi connectivity index (χ1n) is 5.79. The number of rotatable bonds is 3. The summed E-state index contributed by atoms with van der Waals surface area (Å²) in [6.45, 7) is 3.47. The number of nitrogens with one attached hydrogen (secondary N) is 2. The first-order valence-corrected chi connectivity index (χ1v) is 6.55. The standard InChI is InChI=1S/C13H12Cl2N4O/c1-7-8(2)17-13(18-12(7)20)19-16-6-9-4-3-5-10(14)11(9)15/h3-6H,1-2H3,(H2,17,18,19,20). The number of hydrazone groups is 1. The van der Waals surface area contributed by atoms with Crippen molar-refractivity contribution < 1.29 is 0 Å². The molecule has 1 aromatic heterocycles. The van der Waals surface area contributed by atoms with E-state index in [1.807, 2.05) is 0 Å². The Bertz CT molecular complexity index is 725. The summed E-state index contributed by atoms with van der Waals surface area (Å²) in [5.41, 5.74) is 4.34. The summed E-state index contributed by atoms with van der Waals surface area (Å²) < 4.78 is 0. The SMILES string of the molecule is Cc1nc(NN=Cc2cccc(Cl)c2Cl)[nH]c(=O)c1C. The highest BCUT2D eigenvalue weighted by molar-refractivity contribution is 6.43. The van der Waals surface area contributed by atoms with Crippen molar-refractivity contribution in [2.45, 2.75) is 13.8 Å². The van der Waals surface area contributed by atoms with Crippen LogP contribution >= 0.6 is 23.2 Å². The smallest absolute Gasteiger partial charge is 0.255 e. The minimum atomic E-state index is -0.198. The quantitative estimate of drug-likeness (QED) is 0.676. The zero-order valence-corrected chi connectivity index (χ0v) is 12.4. The summed E-state index contributed by atoms with van der Waals surface area (Å²) in [6.07, 6.45) is 1.50. The van der Waals surface area contributed by atoms with Gasteiger partial charge in [0.1, 0.15) is 0 Å². The van der Waals surface area contributed by atoms with Crippen LogP contribution in [0.1, 0.15) is 16.8 Å². The van der Waals surface area contributed by atoms with Gasteiger partial charge in [-0.2, -0.15) is 5.10 Å². The Morgan fingerprint density at radius 2 is 2.10 bits per heavy atom. The summed E-state index contributed by atoms with van der Waals surface area (Å²) in [5.74, 6) is 0.271. The summed E-state index contributed by atoms with van der Waals surface area (Å²) >= 11 is 11.9. The Morgan fingerprint density at radius 3 is 2.80 bits per heavy atom. The molecule has 2 N–H and O–H groups in total. The number of nitrogens with zero attached hydrogens (tertiary/aromatic N) is 2. The second kappa shape index (κ2) is 6.07. The van der Waals surface area contributed by atoms with Gasteiger partial charge in [-0.1, -0.05) is 35.3 Å². The average Bonchev–Trinajstić information content (AvgIpc) is 2.41. The molecular weight excluding hydrogens is 299 g/mol. The number of benzene rings is 1.